The minimum absolute atomic E-state index is 0.227. The summed E-state index contributed by atoms with van der Waals surface area (Å²) >= 11 is 0. The summed E-state index contributed by atoms with van der Waals surface area (Å²) in [7, 11) is 0. The molecular weight excluding hydrogens is 448 g/mol. The topological polar surface area (TPSA) is 83.5 Å². The molecule has 0 saturated carbocycles. The lowest BCUT2D eigenvalue weighted by Crippen LogP contribution is -2.62. The molecule has 1 heterocycles. The smallest absolute Gasteiger partial charge is 0.311 e. The summed E-state index contributed by atoms with van der Waals surface area (Å²) < 4.78 is 30.4. The van der Waals surface area contributed by atoms with Gasteiger partial charge in [0.05, 0.1) is 32.3 Å². The van der Waals surface area contributed by atoms with Crippen LogP contribution in [0.2, 0.25) is 0 Å². The highest BCUT2D eigenvalue weighted by molar-refractivity contribution is 5.72. The van der Waals surface area contributed by atoms with Gasteiger partial charge in [-0.15, -0.1) is 6.58 Å². The maximum atomic E-state index is 12.7. The van der Waals surface area contributed by atoms with Crippen molar-refractivity contribution >= 4 is 5.97 Å². The van der Waals surface area contributed by atoms with E-state index in [0.717, 1.165) is 11.1 Å². The van der Waals surface area contributed by atoms with E-state index in [1.165, 1.54) is 0 Å². The highest BCUT2D eigenvalue weighted by atomic mass is 16.7. The fourth-order valence-corrected chi connectivity index (χ4v) is 3.80. The van der Waals surface area contributed by atoms with Crippen molar-refractivity contribution in [1.29, 1.82) is 0 Å². The Balaban J connectivity index is 1.86. The number of aliphatic hydroxyl groups is 1. The number of rotatable bonds is 13. The maximum absolute atomic E-state index is 12.7. The lowest BCUT2D eigenvalue weighted by atomic mass is 9.98. The number of carbonyl (C=O) groups excluding carboxylic acids is 1. The predicted octanol–water partition coefficient (Wildman–Crippen LogP) is 4.03. The minimum Gasteiger partial charge on any atom is -0.432 e. The zero-order valence-electron chi connectivity index (χ0n) is 20.5. The van der Waals surface area contributed by atoms with Gasteiger partial charge in [0.25, 0.3) is 0 Å². The minimum atomic E-state index is -1.07. The van der Waals surface area contributed by atoms with Crippen LogP contribution in [0.15, 0.2) is 73.3 Å². The van der Waals surface area contributed by atoms with Crippen molar-refractivity contribution in [3.05, 3.63) is 84.4 Å². The maximum Gasteiger partial charge on any atom is 0.311 e. The van der Waals surface area contributed by atoms with E-state index in [4.69, 9.17) is 23.7 Å². The van der Waals surface area contributed by atoms with Crippen LogP contribution in [0.1, 0.15) is 31.4 Å². The Hall–Kier alpha value is -2.55. The molecule has 0 aliphatic carbocycles. The first-order chi connectivity index (χ1) is 17.1. The van der Waals surface area contributed by atoms with Crippen LogP contribution in [0.5, 0.6) is 0 Å². The fraction of sp³-hybridized carbons (Fsp3) is 0.464. The number of benzene rings is 2. The molecule has 1 aliphatic rings. The zero-order valence-corrected chi connectivity index (χ0v) is 20.5. The molecule has 1 aliphatic heterocycles. The molecule has 0 aromatic heterocycles. The van der Waals surface area contributed by atoms with Gasteiger partial charge in [-0.05, 0) is 17.5 Å². The third kappa shape index (κ3) is 7.72. The number of ether oxygens (including phenoxy) is 5. The van der Waals surface area contributed by atoms with Gasteiger partial charge in [0.15, 0.2) is 0 Å². The van der Waals surface area contributed by atoms with Gasteiger partial charge >= 0.3 is 5.97 Å². The molecule has 0 bridgehead atoms. The molecule has 0 radical (unpaired) electrons. The third-order valence-electron chi connectivity index (χ3n) is 6.00. The molecule has 2 aromatic rings. The van der Waals surface area contributed by atoms with Crippen molar-refractivity contribution in [3.8, 4) is 0 Å². The van der Waals surface area contributed by atoms with Crippen molar-refractivity contribution in [3.63, 3.8) is 0 Å². The second-order valence-electron chi connectivity index (χ2n) is 8.58. The van der Waals surface area contributed by atoms with E-state index in [1.807, 2.05) is 67.6 Å². The van der Waals surface area contributed by atoms with E-state index in [-0.39, 0.29) is 25.7 Å². The van der Waals surface area contributed by atoms with Crippen LogP contribution in [-0.4, -0.2) is 55.0 Å². The Morgan fingerprint density at radius 1 is 0.971 bits per heavy atom. The average molecular weight is 485 g/mol. The van der Waals surface area contributed by atoms with Gasteiger partial charge in [0.2, 0.25) is 6.29 Å². The first-order valence-electron chi connectivity index (χ1n) is 12.1. The number of aliphatic hydroxyl groups excluding tert-OH is 1. The third-order valence-corrected chi connectivity index (χ3v) is 6.00. The van der Waals surface area contributed by atoms with Crippen molar-refractivity contribution in [2.75, 3.05) is 13.2 Å². The van der Waals surface area contributed by atoms with Crippen LogP contribution >= 0.6 is 0 Å². The first-order valence-corrected chi connectivity index (χ1v) is 12.1. The highest BCUT2D eigenvalue weighted by Crippen LogP contribution is 2.31. The molecule has 3 rings (SSSR count). The van der Waals surface area contributed by atoms with Crippen LogP contribution < -0.4 is 0 Å². The molecule has 1 unspecified atom stereocenters. The van der Waals surface area contributed by atoms with Crippen LogP contribution in [0.4, 0.5) is 0 Å². The van der Waals surface area contributed by atoms with Gasteiger partial charge in [0, 0.05) is 0 Å². The Labute approximate surface area is 207 Å². The van der Waals surface area contributed by atoms with Gasteiger partial charge in [0.1, 0.15) is 24.4 Å². The largest absolute Gasteiger partial charge is 0.432 e. The second kappa shape index (κ2) is 14.1. The van der Waals surface area contributed by atoms with Crippen LogP contribution in [-0.2, 0) is 41.7 Å². The van der Waals surface area contributed by atoms with E-state index in [0.29, 0.717) is 13.0 Å². The molecule has 1 fully saturated rings. The summed E-state index contributed by atoms with van der Waals surface area (Å²) in [6.07, 6.45) is -1.72. The molecule has 7 nitrogen and oxygen atoms in total. The van der Waals surface area contributed by atoms with E-state index in [2.05, 4.69) is 6.58 Å². The predicted molar refractivity (Wildman–Crippen MR) is 131 cm³/mol. The highest BCUT2D eigenvalue weighted by Gasteiger charge is 2.50. The number of carbonyl (C=O) groups is 1. The summed E-state index contributed by atoms with van der Waals surface area (Å²) in [4.78, 5) is 12.7. The quantitative estimate of drug-likeness (QED) is 0.339. The van der Waals surface area contributed by atoms with Gasteiger partial charge in [-0.2, -0.15) is 0 Å². The number of esters is 1. The van der Waals surface area contributed by atoms with Crippen molar-refractivity contribution in [2.45, 2.75) is 64.2 Å². The standard InChI is InChI=1S/C28H36O7/c1-4-16-31-25-24(32-18-21-12-8-6-9-13-21)23(17-29)34-28(35-27(30)20(3)5-2)26(25)33-19-22-14-10-7-11-15-22/h4,6-15,20,23-26,28-29H,1,5,16-19H2,2-3H3/t20?,23-,24-,25+,26+,28+/m1/s1. The van der Waals surface area contributed by atoms with Gasteiger partial charge < -0.3 is 28.8 Å². The second-order valence-corrected chi connectivity index (χ2v) is 8.58. The molecular formula is C28H36O7. The lowest BCUT2D eigenvalue weighted by molar-refractivity contribution is -0.316. The molecule has 1 N–H and O–H groups in total. The molecule has 6 atom stereocenters. The van der Waals surface area contributed by atoms with Crippen LogP contribution in [0.25, 0.3) is 0 Å². The molecule has 0 spiro atoms. The Morgan fingerprint density at radius 3 is 2.06 bits per heavy atom. The molecule has 2 aromatic carbocycles. The Morgan fingerprint density at radius 2 is 1.54 bits per heavy atom. The Bertz CT molecular complexity index is 889. The van der Waals surface area contributed by atoms with E-state index >= 15 is 0 Å². The van der Waals surface area contributed by atoms with Crippen molar-refractivity contribution < 1.29 is 33.6 Å². The summed E-state index contributed by atoms with van der Waals surface area (Å²) in [6.45, 7) is 7.91. The molecule has 1 saturated heterocycles. The van der Waals surface area contributed by atoms with Gasteiger partial charge in [-0.25, -0.2) is 0 Å². The summed E-state index contributed by atoms with van der Waals surface area (Å²) in [5.41, 5.74) is 1.92. The monoisotopic (exact) mass is 484 g/mol. The van der Waals surface area contributed by atoms with E-state index in [1.54, 1.807) is 13.0 Å². The Kier molecular flexibility index (Phi) is 10.9. The van der Waals surface area contributed by atoms with Crippen LogP contribution in [0.3, 0.4) is 0 Å². The normalized spacial score (nSPS) is 25.1. The number of hydrogen-bond acceptors (Lipinski definition) is 7. The van der Waals surface area contributed by atoms with Crippen molar-refractivity contribution in [2.24, 2.45) is 5.92 Å². The lowest BCUT2D eigenvalue weighted by Gasteiger charge is -2.45. The molecule has 7 heteroatoms. The molecule has 0 amide bonds. The van der Waals surface area contributed by atoms with E-state index < -0.39 is 36.7 Å². The van der Waals surface area contributed by atoms with Crippen LogP contribution in [0, 0.1) is 5.92 Å². The van der Waals surface area contributed by atoms with Gasteiger partial charge in [-0.3, -0.25) is 4.79 Å². The fourth-order valence-electron chi connectivity index (χ4n) is 3.80. The van der Waals surface area contributed by atoms with Gasteiger partial charge in [-0.1, -0.05) is 80.6 Å². The first kappa shape index (κ1) is 27.0. The average Bonchev–Trinajstić information content (AvgIpc) is 2.90. The summed E-state index contributed by atoms with van der Waals surface area (Å²) in [5.74, 6) is -0.700. The summed E-state index contributed by atoms with van der Waals surface area (Å²) in [5, 5.41) is 10.1. The molecule has 190 valence electrons. The number of hydrogen-bond donors (Lipinski definition) is 1. The SMILES string of the molecule is C=CCO[C@@H]1[C@H](OCc2ccccc2)[C@H](OC(=O)C(C)CC)O[C@H](CO)[C@H]1OCc1ccccc1. The molecule has 35 heavy (non-hydrogen) atoms. The zero-order chi connectivity index (χ0) is 25.0. The van der Waals surface area contributed by atoms with E-state index in [9.17, 15) is 9.90 Å². The van der Waals surface area contributed by atoms with Crippen molar-refractivity contribution in [1.82, 2.24) is 0 Å². The summed E-state index contributed by atoms with van der Waals surface area (Å²) in [6, 6.07) is 19.4.